The lowest BCUT2D eigenvalue weighted by Crippen LogP contribution is -2.47. The highest BCUT2D eigenvalue weighted by Gasteiger charge is 2.36. The number of hydrogen-bond donors (Lipinski definition) is 0. The molecule has 2 nitrogen and oxygen atoms in total. The molecule has 18 heavy (non-hydrogen) atoms. The Morgan fingerprint density at radius 3 is 2.83 bits per heavy atom. The summed E-state index contributed by atoms with van der Waals surface area (Å²) in [5, 5.41) is 0. The Balaban J connectivity index is 2.10. The van der Waals surface area contributed by atoms with Gasteiger partial charge in [0.1, 0.15) is 5.67 Å². The van der Waals surface area contributed by atoms with Gasteiger partial charge in [0.05, 0.1) is 6.54 Å². The quantitative estimate of drug-likeness (QED) is 0.751. The molecule has 0 spiro atoms. The first-order valence-electron chi connectivity index (χ1n) is 6.29. The molecule has 1 atom stereocenters. The van der Waals surface area contributed by atoms with Crippen LogP contribution in [0.1, 0.15) is 29.6 Å². The lowest BCUT2D eigenvalue weighted by atomic mass is 9.91. The first-order valence-corrected chi connectivity index (χ1v) is 6.29. The van der Waals surface area contributed by atoms with E-state index in [1.54, 1.807) is 23.1 Å². The smallest absolute Gasteiger partial charge is 0.253 e. The van der Waals surface area contributed by atoms with Gasteiger partial charge in [-0.3, -0.25) is 4.79 Å². The maximum Gasteiger partial charge on any atom is 0.253 e. The van der Waals surface area contributed by atoms with E-state index < -0.39 is 5.67 Å². The molecule has 1 fully saturated rings. The highest BCUT2D eigenvalue weighted by Crippen LogP contribution is 2.29. The van der Waals surface area contributed by atoms with Crippen molar-refractivity contribution >= 4 is 5.91 Å². The Labute approximate surface area is 107 Å². The monoisotopic (exact) mass is 247 g/mol. The Morgan fingerprint density at radius 2 is 2.17 bits per heavy atom. The number of alkyl halides is 1. The van der Waals surface area contributed by atoms with E-state index >= 15 is 0 Å². The van der Waals surface area contributed by atoms with Crippen LogP contribution in [0.15, 0.2) is 43.0 Å². The Hall–Kier alpha value is -1.64. The molecule has 1 saturated heterocycles. The number of carbonyl (C=O) groups is 1. The summed E-state index contributed by atoms with van der Waals surface area (Å²) in [6.07, 6.45) is 3.13. The zero-order chi connectivity index (χ0) is 13.0. The number of rotatable bonds is 3. The zero-order valence-corrected chi connectivity index (χ0v) is 10.4. The van der Waals surface area contributed by atoms with E-state index in [1.807, 2.05) is 18.2 Å². The summed E-state index contributed by atoms with van der Waals surface area (Å²) in [4.78, 5) is 13.8. The van der Waals surface area contributed by atoms with Crippen LogP contribution in [0.25, 0.3) is 0 Å². The first-order chi connectivity index (χ1) is 8.64. The van der Waals surface area contributed by atoms with Gasteiger partial charge in [0, 0.05) is 18.5 Å². The van der Waals surface area contributed by atoms with Crippen LogP contribution in [-0.2, 0) is 0 Å². The topological polar surface area (TPSA) is 20.3 Å². The highest BCUT2D eigenvalue weighted by molar-refractivity contribution is 5.94. The van der Waals surface area contributed by atoms with Gasteiger partial charge in [0.2, 0.25) is 0 Å². The molecule has 2 rings (SSSR count). The average molecular weight is 247 g/mol. The summed E-state index contributed by atoms with van der Waals surface area (Å²) >= 11 is 0. The van der Waals surface area contributed by atoms with Crippen LogP contribution in [0.4, 0.5) is 4.39 Å². The van der Waals surface area contributed by atoms with Crippen molar-refractivity contribution in [2.24, 2.45) is 0 Å². The number of likely N-dealkylation sites (tertiary alicyclic amines) is 1. The maximum absolute atomic E-state index is 14.4. The van der Waals surface area contributed by atoms with Gasteiger partial charge in [-0.05, 0) is 25.0 Å². The summed E-state index contributed by atoms with van der Waals surface area (Å²) in [5.74, 6) is -0.0820. The molecule has 1 unspecified atom stereocenters. The summed E-state index contributed by atoms with van der Waals surface area (Å²) in [5.41, 5.74) is -0.676. The normalized spacial score (nSPS) is 23.7. The molecule has 3 heteroatoms. The molecule has 0 radical (unpaired) electrons. The molecule has 0 N–H and O–H groups in total. The molecule has 1 amide bonds. The van der Waals surface area contributed by atoms with Crippen LogP contribution in [0, 0.1) is 0 Å². The van der Waals surface area contributed by atoms with Crippen LogP contribution >= 0.6 is 0 Å². The predicted molar refractivity (Wildman–Crippen MR) is 70.2 cm³/mol. The molecule has 1 aromatic rings. The summed E-state index contributed by atoms with van der Waals surface area (Å²) in [6, 6.07) is 9.05. The second-order valence-corrected chi connectivity index (χ2v) is 4.84. The number of benzene rings is 1. The average Bonchev–Trinajstić information content (AvgIpc) is 2.39. The molecule has 1 aliphatic rings. The molecule has 0 aliphatic carbocycles. The SMILES string of the molecule is C=CCC1(F)CCCN(C(=O)c2ccccc2)C1. The number of halogens is 1. The van der Waals surface area contributed by atoms with E-state index in [1.165, 1.54) is 0 Å². The molecule has 0 aromatic heterocycles. The second-order valence-electron chi connectivity index (χ2n) is 4.84. The number of nitrogens with zero attached hydrogens (tertiary/aromatic N) is 1. The van der Waals surface area contributed by atoms with Crippen molar-refractivity contribution in [2.75, 3.05) is 13.1 Å². The minimum absolute atomic E-state index is 0.0820. The first kappa shape index (κ1) is 12.8. The van der Waals surface area contributed by atoms with Crippen molar-refractivity contribution in [1.82, 2.24) is 4.90 Å². The van der Waals surface area contributed by atoms with E-state index in [9.17, 15) is 9.18 Å². The molecule has 1 aromatic carbocycles. The van der Waals surface area contributed by atoms with E-state index in [0.29, 0.717) is 31.4 Å². The minimum atomic E-state index is -1.30. The Bertz CT molecular complexity index is 431. The second kappa shape index (κ2) is 5.34. The number of piperidine rings is 1. The number of allylic oxidation sites excluding steroid dienone is 1. The van der Waals surface area contributed by atoms with Crippen molar-refractivity contribution in [1.29, 1.82) is 0 Å². The van der Waals surface area contributed by atoms with Crippen LogP contribution < -0.4 is 0 Å². The van der Waals surface area contributed by atoms with Crippen molar-refractivity contribution in [3.63, 3.8) is 0 Å². The molecule has 0 saturated carbocycles. The van der Waals surface area contributed by atoms with Crippen molar-refractivity contribution in [3.05, 3.63) is 48.6 Å². The minimum Gasteiger partial charge on any atom is -0.335 e. The summed E-state index contributed by atoms with van der Waals surface area (Å²) < 4.78 is 14.4. The van der Waals surface area contributed by atoms with Gasteiger partial charge in [-0.1, -0.05) is 24.3 Å². The predicted octanol–water partition coefficient (Wildman–Crippen LogP) is 3.21. The molecular weight excluding hydrogens is 229 g/mol. The molecule has 96 valence electrons. The van der Waals surface area contributed by atoms with Gasteiger partial charge in [-0.2, -0.15) is 0 Å². The third kappa shape index (κ3) is 2.78. The number of hydrogen-bond acceptors (Lipinski definition) is 1. The molecule has 1 aliphatic heterocycles. The van der Waals surface area contributed by atoms with Gasteiger partial charge >= 0.3 is 0 Å². The van der Waals surface area contributed by atoms with Gasteiger partial charge in [-0.15, -0.1) is 6.58 Å². The lowest BCUT2D eigenvalue weighted by molar-refractivity contribution is 0.0354. The summed E-state index contributed by atoms with van der Waals surface area (Å²) in [6.45, 7) is 4.39. The fourth-order valence-corrected chi connectivity index (χ4v) is 2.45. The fraction of sp³-hybridized carbons (Fsp3) is 0.400. The fourth-order valence-electron chi connectivity index (χ4n) is 2.45. The zero-order valence-electron chi connectivity index (χ0n) is 10.4. The van der Waals surface area contributed by atoms with Crippen LogP contribution in [0.3, 0.4) is 0 Å². The largest absolute Gasteiger partial charge is 0.335 e. The third-order valence-corrected chi connectivity index (χ3v) is 3.35. The van der Waals surface area contributed by atoms with E-state index in [2.05, 4.69) is 6.58 Å². The summed E-state index contributed by atoms with van der Waals surface area (Å²) in [7, 11) is 0. The van der Waals surface area contributed by atoms with E-state index in [-0.39, 0.29) is 12.5 Å². The molecular formula is C15H18FNO. The van der Waals surface area contributed by atoms with Crippen molar-refractivity contribution in [3.8, 4) is 0 Å². The number of carbonyl (C=O) groups excluding carboxylic acids is 1. The Morgan fingerprint density at radius 1 is 1.44 bits per heavy atom. The van der Waals surface area contributed by atoms with Gasteiger partial charge < -0.3 is 4.90 Å². The van der Waals surface area contributed by atoms with Crippen LogP contribution in [-0.4, -0.2) is 29.6 Å². The van der Waals surface area contributed by atoms with Gasteiger partial charge in [-0.25, -0.2) is 4.39 Å². The van der Waals surface area contributed by atoms with Gasteiger partial charge in [0.25, 0.3) is 5.91 Å². The van der Waals surface area contributed by atoms with Gasteiger partial charge in [0.15, 0.2) is 0 Å². The van der Waals surface area contributed by atoms with E-state index in [0.717, 1.165) is 0 Å². The lowest BCUT2D eigenvalue weighted by Gasteiger charge is -2.37. The molecule has 1 heterocycles. The van der Waals surface area contributed by atoms with Crippen molar-refractivity contribution < 1.29 is 9.18 Å². The van der Waals surface area contributed by atoms with E-state index in [4.69, 9.17) is 0 Å². The van der Waals surface area contributed by atoms with Crippen LogP contribution in [0.5, 0.6) is 0 Å². The third-order valence-electron chi connectivity index (χ3n) is 3.35. The maximum atomic E-state index is 14.4. The van der Waals surface area contributed by atoms with Crippen LogP contribution in [0.2, 0.25) is 0 Å². The molecule has 0 bridgehead atoms. The van der Waals surface area contributed by atoms with Crippen molar-refractivity contribution in [2.45, 2.75) is 24.9 Å². The number of amides is 1. The Kier molecular flexibility index (Phi) is 3.80. The standard InChI is InChI=1S/C15H18FNO/c1-2-9-15(16)10-6-11-17(12-15)14(18)13-7-4-3-5-8-13/h2-5,7-8H,1,6,9-12H2. The highest BCUT2D eigenvalue weighted by atomic mass is 19.1.